The third kappa shape index (κ3) is 25.0. The van der Waals surface area contributed by atoms with Crippen molar-refractivity contribution >= 4 is 96.6 Å². The van der Waals surface area contributed by atoms with E-state index >= 15 is 0 Å². The zero-order valence-corrected chi connectivity index (χ0v) is 82.5. The van der Waals surface area contributed by atoms with Gasteiger partial charge in [0.1, 0.15) is 135 Å². The summed E-state index contributed by atoms with van der Waals surface area (Å²) in [6.07, 6.45) is 27.5. The van der Waals surface area contributed by atoms with Crippen LogP contribution in [0.2, 0.25) is 0 Å². The molecule has 6 aromatic carbocycles. The van der Waals surface area contributed by atoms with Gasteiger partial charge in [0, 0.05) is 93.3 Å². The summed E-state index contributed by atoms with van der Waals surface area (Å²) in [5, 5.41) is 13.2. The molecule has 12 heterocycles. The Morgan fingerprint density at radius 2 is 0.831 bits per heavy atom. The Morgan fingerprint density at radius 1 is 0.451 bits per heavy atom. The highest BCUT2D eigenvalue weighted by atomic mass is 79.9. The summed E-state index contributed by atoms with van der Waals surface area (Å²) in [4.78, 5) is 111. The van der Waals surface area contributed by atoms with Crippen LogP contribution in [0.25, 0.3) is 89.7 Å². The van der Waals surface area contributed by atoms with Crippen molar-refractivity contribution in [2.45, 2.75) is 154 Å². The largest absolute Gasteiger partial charge is 0.478 e. The summed E-state index contributed by atoms with van der Waals surface area (Å²) in [6, 6.07) is 53.2. The summed E-state index contributed by atoms with van der Waals surface area (Å²) >= 11 is 3.85. The highest BCUT2D eigenvalue weighted by Gasteiger charge is 2.40. The molecule has 5 aliphatic rings. The molecule has 2 aliphatic carbocycles. The van der Waals surface area contributed by atoms with Gasteiger partial charge >= 0.3 is 24.2 Å². The minimum absolute atomic E-state index is 0.0178. The van der Waals surface area contributed by atoms with E-state index in [0.717, 1.165) is 91.5 Å². The van der Waals surface area contributed by atoms with E-state index in [2.05, 4.69) is 96.1 Å². The van der Waals surface area contributed by atoms with Crippen molar-refractivity contribution in [2.24, 2.45) is 0 Å². The van der Waals surface area contributed by atoms with Gasteiger partial charge in [-0.05, 0) is 227 Å². The van der Waals surface area contributed by atoms with Crippen LogP contribution in [0.1, 0.15) is 125 Å². The molecule has 36 heteroatoms. The lowest BCUT2D eigenvalue weighted by Crippen LogP contribution is -2.35. The molecule has 3 aliphatic heterocycles. The van der Waals surface area contributed by atoms with E-state index in [1.165, 1.54) is 69.7 Å². The first-order valence-corrected chi connectivity index (χ1v) is 47.8. The molecule has 5 fully saturated rings. The standard InChI is InChI=1S/C33H33N7O3.C32H36BrN5O5.C30H30N6O4.C8H13NO2.C3H3NO/c1-38(23-11-12-23)17-5-8-27(41)39-18-15-24(20-39)40-30(33-35-16-19-42-33)28(29-31(34)36-21-37-32(29)40)22-9-13-26(14-10-22)43-25-6-3-2-4-7-25;1-31(2,3)42-29(39)36-27-25-24(20-12-14-23(15-13-20)41-22-10-8-7-9-11-22)26(33)38(28(25)35-19-34-27)21-16-17-37(18-21)30(40)43-32(4,5)6;1-30(2,3)40-29(37)35-15-13-20(17-35)36-25(28-32-14-16-38-28)23(24-26(31)33-18-34-27(24)36)19-9-11-22(12-10-19)39-21-7-5-4-6-8-21;1-9(7-4-5-7)6-2-3-8(10)11;1-2-5-3-4-1/h2-10,13-14,16,19,21,23-24H,11-12,15,17-18,20H2,1H3,(H2,34,36,37);7-15,19,21H,16-18H2,1-6H3,(H,34,35,36,39);4-12,14,16,18,20H,13,15,17H2,1-3H3,(H2,31,33,34);2-3,7H,4-6H2,1H3,(H,10,11);1-3H/b8-5+;;;3-2+;/t24-;21-;20-;;/m111../s1. The van der Waals surface area contributed by atoms with Gasteiger partial charge < -0.3 is 86.6 Å². The number of carbonyl (C=O) groups excluding carboxylic acids is 4. The molecule has 3 atom stereocenters. The number of nitrogens with zero attached hydrogens (tertiary/aromatic N) is 17. The van der Waals surface area contributed by atoms with Gasteiger partial charge in [-0.15, -0.1) is 0 Å². The van der Waals surface area contributed by atoms with Crippen LogP contribution in [0.15, 0.2) is 269 Å². The smallest absolute Gasteiger partial charge is 0.413 e. The quantitative estimate of drug-likeness (QED) is 0.0341. The molecule has 4 amide bonds. The topological polar surface area (TPSA) is 411 Å². The second kappa shape index (κ2) is 44.3. The predicted octanol–water partition coefficient (Wildman–Crippen LogP) is 21.4. The van der Waals surface area contributed by atoms with E-state index in [4.69, 9.17) is 58.8 Å². The van der Waals surface area contributed by atoms with E-state index in [9.17, 15) is 24.0 Å². The third-order valence-corrected chi connectivity index (χ3v) is 24.6. The zero-order chi connectivity index (χ0) is 99.9. The van der Waals surface area contributed by atoms with Crippen molar-refractivity contribution < 1.29 is 70.8 Å². The number of aliphatic carboxylic acids is 1. The Balaban J connectivity index is 0.000000141. The third-order valence-electron chi connectivity index (χ3n) is 23.8. The number of carboxylic acids is 1. The van der Waals surface area contributed by atoms with Crippen LogP contribution in [-0.2, 0) is 23.8 Å². The van der Waals surface area contributed by atoms with Gasteiger partial charge in [0.25, 0.3) is 0 Å². The molecule has 9 aromatic heterocycles. The van der Waals surface area contributed by atoms with Crippen LogP contribution < -0.4 is 31.0 Å². The molecule has 15 aromatic rings. The van der Waals surface area contributed by atoms with Crippen molar-refractivity contribution in [3.8, 4) is 91.0 Å². The minimum atomic E-state index is -0.866. The lowest BCUT2D eigenvalue weighted by molar-refractivity contribution is -0.131. The van der Waals surface area contributed by atoms with Gasteiger partial charge in [0.2, 0.25) is 17.7 Å². The normalized spacial score (nSPS) is 15.8. The van der Waals surface area contributed by atoms with Gasteiger partial charge in [-0.2, -0.15) is 0 Å². The number of carbonyl (C=O) groups is 5. The van der Waals surface area contributed by atoms with E-state index in [0.29, 0.717) is 138 Å². The first kappa shape index (κ1) is 99.5. The monoisotopic (exact) mass is 1990 g/mol. The zero-order valence-electron chi connectivity index (χ0n) is 81.0. The Bertz CT molecular complexity index is 6860. The molecule has 0 spiro atoms. The molecular formula is C106H115BrN20O15. The number of oxazole rings is 3. The Hall–Kier alpha value is -15.6. The number of rotatable bonds is 23. The number of hydrogen-bond donors (Lipinski definition) is 4. The van der Waals surface area contributed by atoms with Gasteiger partial charge in [0.05, 0.1) is 57.5 Å². The number of anilines is 3. The number of fused-ring (bicyclic) bond motifs is 3. The highest BCUT2D eigenvalue weighted by Crippen LogP contribution is 2.50. The fourth-order valence-electron chi connectivity index (χ4n) is 17.1. The number of carboxylic acid groups (broad SMARTS) is 1. The van der Waals surface area contributed by atoms with Crippen LogP contribution in [-0.4, -0.2) is 214 Å². The second-order valence-electron chi connectivity index (χ2n) is 37.8. The number of ether oxygens (including phenoxy) is 6. The van der Waals surface area contributed by atoms with Crippen molar-refractivity contribution in [1.29, 1.82) is 0 Å². The number of nitrogens with two attached hydrogens (primary N) is 2. The molecular weight excluding hydrogens is 1870 g/mol. The number of likely N-dealkylation sites (N-methyl/N-ethyl adjacent to an activating group) is 2. The summed E-state index contributed by atoms with van der Waals surface area (Å²) in [5.41, 5.74) is 19.6. The average Bonchev–Trinajstić information content (AvgIpc) is 1.59. The number of nitrogen functional groups attached to an aromatic ring is 2. The average molecular weight is 1990 g/mol. The van der Waals surface area contributed by atoms with Crippen molar-refractivity contribution in [3.63, 3.8) is 0 Å². The minimum Gasteiger partial charge on any atom is -0.478 e. The summed E-state index contributed by atoms with van der Waals surface area (Å²) in [6.45, 7) is 21.2. The van der Waals surface area contributed by atoms with Crippen LogP contribution in [0.4, 0.5) is 31.8 Å². The van der Waals surface area contributed by atoms with E-state index < -0.39 is 28.9 Å². The number of likely N-dealkylation sites (tertiary alicyclic amines) is 3. The number of halogens is 1. The second-order valence-corrected chi connectivity index (χ2v) is 38.6. The van der Waals surface area contributed by atoms with Crippen molar-refractivity contribution in [2.75, 3.05) is 83.2 Å². The molecule has 2 saturated carbocycles. The highest BCUT2D eigenvalue weighted by molar-refractivity contribution is 9.10. The maximum atomic E-state index is 13.1. The number of aromatic nitrogens is 12. The van der Waals surface area contributed by atoms with Gasteiger partial charge in [-0.1, -0.05) is 103 Å². The van der Waals surface area contributed by atoms with Crippen molar-refractivity contribution in [1.82, 2.24) is 83.1 Å². The Labute approximate surface area is 829 Å². The first-order chi connectivity index (χ1) is 68.3. The van der Waals surface area contributed by atoms with Crippen LogP contribution in [0.5, 0.6) is 34.5 Å². The van der Waals surface area contributed by atoms with E-state index in [1.807, 2.05) is 223 Å². The lowest BCUT2D eigenvalue weighted by Gasteiger charge is -2.24. The van der Waals surface area contributed by atoms with E-state index in [-0.39, 0.29) is 36.2 Å². The summed E-state index contributed by atoms with van der Waals surface area (Å²) < 4.78 is 58.0. The summed E-state index contributed by atoms with van der Waals surface area (Å²) in [7, 11) is 4.12. The molecule has 0 unspecified atom stereocenters. The van der Waals surface area contributed by atoms with Crippen LogP contribution >= 0.6 is 15.9 Å². The van der Waals surface area contributed by atoms with Crippen LogP contribution in [0.3, 0.4) is 0 Å². The van der Waals surface area contributed by atoms with Crippen molar-refractivity contribution in [3.05, 3.63) is 255 Å². The van der Waals surface area contributed by atoms with E-state index in [1.54, 1.807) is 67.6 Å². The fourth-order valence-corrected chi connectivity index (χ4v) is 18.0. The fraction of sp³-hybridized carbons (Fsp3) is 0.321. The number of para-hydroxylation sites is 3. The van der Waals surface area contributed by atoms with Crippen LogP contribution in [0, 0.1) is 0 Å². The first-order valence-electron chi connectivity index (χ1n) is 47.0. The lowest BCUT2D eigenvalue weighted by atomic mass is 10.0. The predicted molar refractivity (Wildman–Crippen MR) is 543 cm³/mol. The number of nitrogens with one attached hydrogen (secondary N) is 1. The maximum Gasteiger partial charge on any atom is 0.413 e. The number of benzene rings is 6. The Kier molecular flexibility index (Phi) is 31.0. The molecule has 0 bridgehead atoms. The Morgan fingerprint density at radius 3 is 1.20 bits per heavy atom. The molecule has 6 N–H and O–H groups in total. The SMILES string of the molecule is CC(C)(C)OC(=O)N1CC[C@@H](n2c(-c3ncco3)c(-c3ccc(Oc4ccccc4)cc3)c3c(N)ncnc32)C1.CC(C)(C)OC(=O)Nc1ncnc2c1c(-c1ccc(Oc3ccccc3)cc1)c(Br)n2[C@@H]1CCN(C(=O)OC(C)(C)C)C1.CN(C/C=C/C(=O)N1CC[C@@H](n2c(-c3ncco3)c(-c3ccc(Oc4ccccc4)cc3)c3c(N)ncnc32)C1)C1CC1.CN(C/C=C/C(=O)O)C1CC1.c1cocn1. The number of hydrogen-bond acceptors (Lipinski definition) is 27. The molecule has 20 rings (SSSR count). The molecule has 142 heavy (non-hydrogen) atoms. The van der Waals surface area contributed by atoms with Gasteiger partial charge in [0.15, 0.2) is 6.39 Å². The molecule has 3 saturated heterocycles. The molecule has 0 radical (unpaired) electrons. The number of amides is 4. The maximum absolute atomic E-state index is 13.1. The molecule has 736 valence electrons. The van der Waals surface area contributed by atoms with Gasteiger partial charge in [-0.25, -0.2) is 64.0 Å². The summed E-state index contributed by atoms with van der Waals surface area (Å²) in [5.74, 6) is 5.39. The molecule has 35 nitrogen and oxygen atoms in total. The van der Waals surface area contributed by atoms with Gasteiger partial charge in [-0.3, -0.25) is 19.9 Å².